The number of para-hydroxylation sites is 1. The Morgan fingerprint density at radius 3 is 2.51 bits per heavy atom. The normalized spacial score (nSPS) is 18.4. The van der Waals surface area contributed by atoms with Gasteiger partial charge in [-0.1, -0.05) is 48.5 Å². The molecule has 0 saturated heterocycles. The number of nitriles is 1. The van der Waals surface area contributed by atoms with Crippen molar-refractivity contribution in [3.05, 3.63) is 99.5 Å². The van der Waals surface area contributed by atoms with Crippen molar-refractivity contribution in [3.8, 4) is 28.9 Å². The van der Waals surface area contributed by atoms with Crippen LogP contribution in [-0.4, -0.2) is 18.1 Å². The number of amides is 1. The average Bonchev–Trinajstić information content (AvgIpc) is 3.07. The Morgan fingerprint density at radius 2 is 1.77 bits per heavy atom. The molecule has 6 rings (SSSR count). The molecular formula is C27H17N3O5. The molecule has 1 unspecified atom stereocenters. The summed E-state index contributed by atoms with van der Waals surface area (Å²) in [6, 6.07) is 20.7. The number of likely N-dealkylation sites (N-methyl/N-ethyl adjacent to an activating group) is 1. The first-order chi connectivity index (χ1) is 16.9. The van der Waals surface area contributed by atoms with Gasteiger partial charge in [0.15, 0.2) is 5.43 Å². The van der Waals surface area contributed by atoms with Gasteiger partial charge in [-0.2, -0.15) is 5.26 Å². The fraction of sp³-hybridized carbons (Fsp3) is 0.0741. The van der Waals surface area contributed by atoms with Crippen molar-refractivity contribution in [1.82, 2.24) is 0 Å². The van der Waals surface area contributed by atoms with Gasteiger partial charge in [0, 0.05) is 36.0 Å². The van der Waals surface area contributed by atoms with E-state index in [-0.39, 0.29) is 33.7 Å². The third kappa shape index (κ3) is 2.49. The van der Waals surface area contributed by atoms with Gasteiger partial charge in [0.25, 0.3) is 0 Å². The molecule has 0 fully saturated rings. The molecule has 0 saturated carbocycles. The van der Waals surface area contributed by atoms with Gasteiger partial charge < -0.3 is 24.9 Å². The van der Waals surface area contributed by atoms with Gasteiger partial charge in [0.05, 0.1) is 5.56 Å². The summed E-state index contributed by atoms with van der Waals surface area (Å²) < 4.78 is 11.7. The zero-order valence-electron chi connectivity index (χ0n) is 18.4. The number of hydrogen-bond donors (Lipinski definition) is 2. The second kappa shape index (κ2) is 6.98. The van der Waals surface area contributed by atoms with E-state index in [9.17, 15) is 20.0 Å². The van der Waals surface area contributed by atoms with Crippen LogP contribution in [0, 0.1) is 11.3 Å². The Labute approximate surface area is 198 Å². The smallest absolute Gasteiger partial charge is 0.247 e. The van der Waals surface area contributed by atoms with Gasteiger partial charge in [-0.3, -0.25) is 9.59 Å². The van der Waals surface area contributed by atoms with Crippen LogP contribution in [0.2, 0.25) is 0 Å². The van der Waals surface area contributed by atoms with Gasteiger partial charge in [-0.05, 0) is 6.07 Å². The van der Waals surface area contributed by atoms with Gasteiger partial charge in [0.2, 0.25) is 11.8 Å². The molecule has 1 aromatic heterocycles. The molecule has 0 aliphatic carbocycles. The standard InChI is InChI=1S/C27H17N3O5/c1-30-17-10-6-5-9-15(17)27(26(30)33)16(13-28)25(29)35-21-12-20-22(24(32)23(21)27)18(31)11-19(34-20)14-7-3-2-4-8-14/h2-12,32H,29H2,1H3. The highest BCUT2D eigenvalue weighted by atomic mass is 16.5. The number of nitrogens with two attached hydrogens (primary N) is 1. The topological polar surface area (TPSA) is 130 Å². The van der Waals surface area contributed by atoms with Crippen molar-refractivity contribution in [2.45, 2.75) is 5.41 Å². The maximum absolute atomic E-state index is 13.8. The molecule has 1 atom stereocenters. The van der Waals surface area contributed by atoms with Crippen molar-refractivity contribution in [3.63, 3.8) is 0 Å². The molecular weight excluding hydrogens is 446 g/mol. The Bertz CT molecular complexity index is 1720. The Hall–Kier alpha value is -5.03. The van der Waals surface area contributed by atoms with Crippen LogP contribution in [0.1, 0.15) is 11.1 Å². The first-order valence-electron chi connectivity index (χ1n) is 10.7. The summed E-state index contributed by atoms with van der Waals surface area (Å²) in [4.78, 5) is 28.5. The molecule has 1 amide bonds. The second-order valence-corrected chi connectivity index (χ2v) is 8.40. The number of rotatable bonds is 1. The lowest BCUT2D eigenvalue weighted by Crippen LogP contribution is -2.45. The molecule has 1 spiro atoms. The molecule has 4 aromatic rings. The number of nitrogens with zero attached hydrogens (tertiary/aromatic N) is 2. The van der Waals surface area contributed by atoms with E-state index in [1.807, 2.05) is 24.3 Å². The quantitative estimate of drug-likeness (QED) is 0.442. The van der Waals surface area contributed by atoms with E-state index in [1.165, 1.54) is 17.0 Å². The lowest BCUT2D eigenvalue weighted by atomic mass is 9.68. The molecule has 3 aromatic carbocycles. The number of fused-ring (bicyclic) bond motifs is 5. The highest BCUT2D eigenvalue weighted by Gasteiger charge is 2.60. The van der Waals surface area contributed by atoms with E-state index in [2.05, 4.69) is 0 Å². The van der Waals surface area contributed by atoms with Crippen molar-refractivity contribution in [2.75, 3.05) is 11.9 Å². The molecule has 35 heavy (non-hydrogen) atoms. The lowest BCUT2D eigenvalue weighted by molar-refractivity contribution is -0.120. The minimum absolute atomic E-state index is 0.0164. The van der Waals surface area contributed by atoms with Crippen LogP contribution in [0.3, 0.4) is 0 Å². The number of carbonyl (C=O) groups excluding carboxylic acids is 1. The molecule has 8 nitrogen and oxygen atoms in total. The number of phenols is 1. The second-order valence-electron chi connectivity index (χ2n) is 8.40. The van der Waals surface area contributed by atoms with E-state index in [0.717, 1.165) is 0 Å². The van der Waals surface area contributed by atoms with E-state index in [1.54, 1.807) is 43.4 Å². The summed E-state index contributed by atoms with van der Waals surface area (Å²) in [5.74, 6) is -0.930. The number of anilines is 1. The maximum Gasteiger partial charge on any atom is 0.247 e. The van der Waals surface area contributed by atoms with Crippen molar-refractivity contribution in [1.29, 1.82) is 5.26 Å². The highest BCUT2D eigenvalue weighted by Crippen LogP contribution is 2.58. The third-order valence-electron chi connectivity index (χ3n) is 6.64. The van der Waals surface area contributed by atoms with Crippen LogP contribution in [-0.2, 0) is 10.2 Å². The maximum atomic E-state index is 13.8. The Morgan fingerprint density at radius 1 is 1.06 bits per heavy atom. The van der Waals surface area contributed by atoms with Gasteiger partial charge in [-0.15, -0.1) is 0 Å². The van der Waals surface area contributed by atoms with E-state index < -0.39 is 22.5 Å². The predicted octanol–water partition coefficient (Wildman–Crippen LogP) is 3.51. The first-order valence-corrected chi connectivity index (χ1v) is 10.7. The summed E-state index contributed by atoms with van der Waals surface area (Å²) in [7, 11) is 1.58. The van der Waals surface area contributed by atoms with E-state index in [0.29, 0.717) is 22.6 Å². The van der Waals surface area contributed by atoms with Crippen LogP contribution in [0.4, 0.5) is 5.69 Å². The minimum atomic E-state index is -1.78. The number of aromatic hydroxyl groups is 1. The molecule has 0 radical (unpaired) electrons. The molecule has 2 aliphatic rings. The predicted molar refractivity (Wildman–Crippen MR) is 128 cm³/mol. The average molecular weight is 463 g/mol. The molecule has 3 heterocycles. The van der Waals surface area contributed by atoms with Gasteiger partial charge in [0.1, 0.15) is 45.3 Å². The van der Waals surface area contributed by atoms with Crippen LogP contribution in [0.25, 0.3) is 22.3 Å². The van der Waals surface area contributed by atoms with Crippen LogP contribution in [0.5, 0.6) is 11.5 Å². The zero-order chi connectivity index (χ0) is 24.5. The van der Waals surface area contributed by atoms with E-state index >= 15 is 0 Å². The number of hydrogen-bond acceptors (Lipinski definition) is 7. The monoisotopic (exact) mass is 463 g/mol. The zero-order valence-corrected chi connectivity index (χ0v) is 18.4. The number of benzene rings is 3. The van der Waals surface area contributed by atoms with E-state index in [4.69, 9.17) is 14.9 Å². The van der Waals surface area contributed by atoms with Crippen molar-refractivity contribution < 1.29 is 19.1 Å². The van der Waals surface area contributed by atoms with Gasteiger partial charge >= 0.3 is 0 Å². The van der Waals surface area contributed by atoms with Crippen LogP contribution in [0.15, 0.2) is 87.4 Å². The Kier molecular flexibility index (Phi) is 4.10. The highest BCUT2D eigenvalue weighted by molar-refractivity contribution is 6.15. The number of carbonyl (C=O) groups is 1. The molecule has 3 N–H and O–H groups in total. The molecule has 0 bridgehead atoms. The lowest BCUT2D eigenvalue weighted by Gasteiger charge is -2.34. The third-order valence-corrected chi connectivity index (χ3v) is 6.64. The SMILES string of the molecule is CN1C(=O)C2(C(C#N)=C(N)Oc3cc4oc(-c5ccccc5)cc(=O)c4c(O)c32)c2ccccc21. The molecule has 170 valence electrons. The largest absolute Gasteiger partial charge is 0.507 e. The summed E-state index contributed by atoms with van der Waals surface area (Å²) in [6.45, 7) is 0. The Balaban J connectivity index is 1.74. The van der Waals surface area contributed by atoms with Crippen LogP contribution < -0.4 is 20.8 Å². The fourth-order valence-corrected chi connectivity index (χ4v) is 5.13. The number of ether oxygens (including phenoxy) is 1. The summed E-state index contributed by atoms with van der Waals surface area (Å²) in [6.07, 6.45) is 0. The summed E-state index contributed by atoms with van der Waals surface area (Å²) in [5, 5.41) is 21.5. The summed E-state index contributed by atoms with van der Waals surface area (Å²) in [5.41, 5.74) is 5.44. The summed E-state index contributed by atoms with van der Waals surface area (Å²) >= 11 is 0. The van der Waals surface area contributed by atoms with Crippen LogP contribution >= 0.6 is 0 Å². The molecule has 8 heteroatoms. The van der Waals surface area contributed by atoms with Crippen molar-refractivity contribution >= 4 is 22.6 Å². The first kappa shape index (κ1) is 20.6. The fourth-order valence-electron chi connectivity index (χ4n) is 5.13. The van der Waals surface area contributed by atoms with Crippen molar-refractivity contribution in [2.24, 2.45) is 5.73 Å². The van der Waals surface area contributed by atoms with Gasteiger partial charge in [-0.25, -0.2) is 0 Å². The molecule has 2 aliphatic heterocycles. The number of phenolic OH excluding ortho intramolecular Hbond substituents is 1. The minimum Gasteiger partial charge on any atom is -0.507 e.